The number of nitrogens with zero attached hydrogens (tertiary/aromatic N) is 2. The number of para-hydroxylation sites is 2. The highest BCUT2D eigenvalue weighted by Gasteiger charge is 2.17. The van der Waals surface area contributed by atoms with E-state index in [1.165, 1.54) is 16.5 Å². The van der Waals surface area contributed by atoms with Crippen molar-refractivity contribution in [1.82, 2.24) is 9.38 Å². The zero-order valence-corrected chi connectivity index (χ0v) is 12.9. The van der Waals surface area contributed by atoms with Gasteiger partial charge in [0.25, 0.3) is 5.56 Å². The van der Waals surface area contributed by atoms with Gasteiger partial charge in [-0.15, -0.1) is 0 Å². The van der Waals surface area contributed by atoms with Gasteiger partial charge in [-0.05, 0) is 48.6 Å². The lowest BCUT2D eigenvalue weighted by atomic mass is 9.95. The summed E-state index contributed by atoms with van der Waals surface area (Å²) in [7, 11) is 0. The van der Waals surface area contributed by atoms with Crippen LogP contribution in [0.1, 0.15) is 11.1 Å². The topological polar surface area (TPSA) is 34.4 Å². The Morgan fingerprint density at radius 1 is 0.826 bits per heavy atom. The lowest BCUT2D eigenvalue weighted by Crippen LogP contribution is -2.13. The van der Waals surface area contributed by atoms with Crippen molar-refractivity contribution in [3.05, 3.63) is 70.0 Å². The summed E-state index contributed by atoms with van der Waals surface area (Å²) in [5.74, 6) is 0. The molecule has 23 heavy (non-hydrogen) atoms. The van der Waals surface area contributed by atoms with Gasteiger partial charge in [0.1, 0.15) is 5.65 Å². The minimum absolute atomic E-state index is 0.0109. The summed E-state index contributed by atoms with van der Waals surface area (Å²) < 4.78 is 1.75. The normalized spacial score (nSPS) is 12.1. The van der Waals surface area contributed by atoms with Gasteiger partial charge in [0.2, 0.25) is 0 Å². The van der Waals surface area contributed by atoms with Crippen molar-refractivity contribution in [2.45, 2.75) is 13.8 Å². The van der Waals surface area contributed by atoms with E-state index in [-0.39, 0.29) is 5.56 Å². The number of aryl methyl sites for hydroxylation is 2. The van der Waals surface area contributed by atoms with Crippen molar-refractivity contribution < 1.29 is 0 Å². The predicted octanol–water partition coefficient (Wildman–Crippen LogP) is 4.21. The van der Waals surface area contributed by atoms with E-state index in [0.29, 0.717) is 0 Å². The molecule has 0 fully saturated rings. The van der Waals surface area contributed by atoms with Crippen LogP contribution in [-0.4, -0.2) is 9.38 Å². The fourth-order valence-electron chi connectivity index (χ4n) is 3.77. The number of pyridine rings is 1. The predicted molar refractivity (Wildman–Crippen MR) is 94.6 cm³/mol. The molecule has 3 heteroatoms. The second kappa shape index (κ2) is 4.07. The molecule has 0 unspecified atom stereocenters. The summed E-state index contributed by atoms with van der Waals surface area (Å²) in [6, 6.07) is 16.0. The molecule has 0 atom stereocenters. The van der Waals surface area contributed by atoms with Crippen LogP contribution in [0.4, 0.5) is 0 Å². The number of aromatic nitrogens is 2. The molecule has 0 aliphatic heterocycles. The fraction of sp³-hybridized carbons (Fsp3) is 0.100. The second-order valence-corrected chi connectivity index (χ2v) is 6.17. The zero-order valence-electron chi connectivity index (χ0n) is 12.9. The van der Waals surface area contributed by atoms with Gasteiger partial charge in [0.05, 0.1) is 11.0 Å². The first-order valence-electron chi connectivity index (χ1n) is 7.72. The third kappa shape index (κ3) is 1.44. The Hall–Kier alpha value is -2.94. The molecule has 5 rings (SSSR count). The van der Waals surface area contributed by atoms with Crippen LogP contribution in [-0.2, 0) is 0 Å². The SMILES string of the molecule is Cc1ccc2c(=O)n3c4ccccc4nc3c3ccc(C)c1c23. The van der Waals surface area contributed by atoms with E-state index in [1.807, 2.05) is 36.4 Å². The maximum atomic E-state index is 13.1. The van der Waals surface area contributed by atoms with Crippen molar-refractivity contribution in [3.63, 3.8) is 0 Å². The van der Waals surface area contributed by atoms with Crippen molar-refractivity contribution in [2.75, 3.05) is 0 Å². The first kappa shape index (κ1) is 12.6. The van der Waals surface area contributed by atoms with Crippen LogP contribution in [0, 0.1) is 13.8 Å². The Bertz CT molecular complexity index is 1290. The summed E-state index contributed by atoms with van der Waals surface area (Å²) in [6.45, 7) is 4.19. The molecule has 0 aliphatic rings. The molecule has 0 radical (unpaired) electrons. The van der Waals surface area contributed by atoms with Crippen LogP contribution in [0.25, 0.3) is 38.2 Å². The first-order chi connectivity index (χ1) is 11.2. The first-order valence-corrected chi connectivity index (χ1v) is 7.72. The van der Waals surface area contributed by atoms with Crippen LogP contribution < -0.4 is 5.56 Å². The molecule has 3 aromatic carbocycles. The largest absolute Gasteiger partial charge is 0.268 e. The van der Waals surface area contributed by atoms with Crippen LogP contribution in [0.15, 0.2) is 53.3 Å². The van der Waals surface area contributed by atoms with Gasteiger partial charge < -0.3 is 0 Å². The van der Waals surface area contributed by atoms with E-state index in [9.17, 15) is 4.79 Å². The minimum atomic E-state index is 0.0109. The average Bonchev–Trinajstić information content (AvgIpc) is 2.94. The monoisotopic (exact) mass is 298 g/mol. The minimum Gasteiger partial charge on any atom is -0.268 e. The summed E-state index contributed by atoms with van der Waals surface area (Å²) >= 11 is 0. The van der Waals surface area contributed by atoms with Gasteiger partial charge in [0, 0.05) is 16.2 Å². The lowest BCUT2D eigenvalue weighted by molar-refractivity contribution is 1.19. The molecule has 3 nitrogen and oxygen atoms in total. The number of rotatable bonds is 0. The number of hydrogen-bond donors (Lipinski definition) is 0. The quantitative estimate of drug-likeness (QED) is 0.429. The molecule has 110 valence electrons. The highest BCUT2D eigenvalue weighted by atomic mass is 16.1. The van der Waals surface area contributed by atoms with E-state index in [4.69, 9.17) is 4.98 Å². The maximum absolute atomic E-state index is 13.1. The standard InChI is InChI=1S/C20H14N2O/c1-11-7-9-13-18-14(10-8-12(2)17(11)18)20(23)22-16-6-4-3-5-15(16)21-19(13)22/h3-10H,1-2H3. The molecule has 0 spiro atoms. The van der Waals surface area contributed by atoms with E-state index in [2.05, 4.69) is 26.0 Å². The van der Waals surface area contributed by atoms with Crippen LogP contribution in [0.3, 0.4) is 0 Å². The van der Waals surface area contributed by atoms with Gasteiger partial charge in [-0.3, -0.25) is 9.20 Å². The Balaban J connectivity index is 2.24. The van der Waals surface area contributed by atoms with Crippen LogP contribution in [0.5, 0.6) is 0 Å². The molecule has 0 aliphatic carbocycles. The number of benzene rings is 3. The number of fused-ring (bicyclic) bond motifs is 4. The molecule has 0 N–H and O–H groups in total. The second-order valence-electron chi connectivity index (χ2n) is 6.17. The number of hydrogen-bond acceptors (Lipinski definition) is 2. The third-order valence-electron chi connectivity index (χ3n) is 4.81. The molecular weight excluding hydrogens is 284 g/mol. The Labute approximate surface area is 132 Å². The van der Waals surface area contributed by atoms with E-state index < -0.39 is 0 Å². The van der Waals surface area contributed by atoms with Crippen molar-refractivity contribution in [2.24, 2.45) is 0 Å². The summed E-state index contributed by atoms with van der Waals surface area (Å²) in [5, 5.41) is 4.02. The van der Waals surface area contributed by atoms with Crippen LogP contribution in [0.2, 0.25) is 0 Å². The number of imidazole rings is 1. The maximum Gasteiger partial charge on any atom is 0.264 e. The van der Waals surface area contributed by atoms with Crippen LogP contribution >= 0.6 is 0 Å². The van der Waals surface area contributed by atoms with Gasteiger partial charge in [0.15, 0.2) is 0 Å². The summed E-state index contributed by atoms with van der Waals surface area (Å²) in [4.78, 5) is 17.8. The molecule has 2 heterocycles. The zero-order chi connectivity index (χ0) is 15.7. The van der Waals surface area contributed by atoms with E-state index in [1.54, 1.807) is 4.40 Å². The van der Waals surface area contributed by atoms with E-state index in [0.717, 1.165) is 32.8 Å². The smallest absolute Gasteiger partial charge is 0.264 e. The van der Waals surface area contributed by atoms with Crippen molar-refractivity contribution in [3.8, 4) is 0 Å². The van der Waals surface area contributed by atoms with Crippen molar-refractivity contribution in [1.29, 1.82) is 0 Å². The van der Waals surface area contributed by atoms with Gasteiger partial charge in [-0.1, -0.05) is 30.3 Å². The molecule has 0 saturated heterocycles. The molecular formula is C20H14N2O. The average molecular weight is 298 g/mol. The summed E-state index contributed by atoms with van der Waals surface area (Å²) in [6.07, 6.45) is 0. The van der Waals surface area contributed by atoms with Crippen molar-refractivity contribution >= 4 is 38.2 Å². The lowest BCUT2D eigenvalue weighted by Gasteiger charge is -2.11. The van der Waals surface area contributed by atoms with Gasteiger partial charge in [-0.2, -0.15) is 0 Å². The van der Waals surface area contributed by atoms with E-state index >= 15 is 0 Å². The molecule has 0 amide bonds. The van der Waals surface area contributed by atoms with Gasteiger partial charge >= 0.3 is 0 Å². The molecule has 5 aromatic rings. The molecule has 0 saturated carbocycles. The highest BCUT2D eigenvalue weighted by Crippen LogP contribution is 2.33. The third-order valence-corrected chi connectivity index (χ3v) is 4.81. The Kier molecular flexibility index (Phi) is 2.23. The summed E-state index contributed by atoms with van der Waals surface area (Å²) in [5.41, 5.74) is 4.87. The Morgan fingerprint density at radius 3 is 2.30 bits per heavy atom. The highest BCUT2D eigenvalue weighted by molar-refractivity contribution is 6.17. The Morgan fingerprint density at radius 2 is 1.52 bits per heavy atom. The molecule has 2 aromatic heterocycles. The fourth-order valence-corrected chi connectivity index (χ4v) is 3.77. The van der Waals surface area contributed by atoms with Gasteiger partial charge in [-0.25, -0.2) is 4.98 Å². The molecule has 0 bridgehead atoms.